The molecule has 23 heavy (non-hydrogen) atoms. The molecule has 1 aliphatic heterocycles. The van der Waals surface area contributed by atoms with Crippen molar-refractivity contribution < 1.29 is 0 Å². The Morgan fingerprint density at radius 3 is 1.65 bits per heavy atom. The number of piperidine rings is 1. The molecule has 1 nitrogen and oxygen atoms in total. The summed E-state index contributed by atoms with van der Waals surface area (Å²) in [7, 11) is 0. The van der Waals surface area contributed by atoms with Gasteiger partial charge in [-0.1, -0.05) is 67.6 Å². The Morgan fingerprint density at radius 2 is 1.26 bits per heavy atom. The summed E-state index contributed by atoms with van der Waals surface area (Å²) in [5.41, 5.74) is 3.42. The quantitative estimate of drug-likeness (QED) is 0.745. The van der Waals surface area contributed by atoms with Crippen LogP contribution in [-0.4, -0.2) is 23.5 Å². The summed E-state index contributed by atoms with van der Waals surface area (Å²) in [4.78, 5) is 2.68. The maximum absolute atomic E-state index is 2.68. The maximum atomic E-state index is 2.68. The Hall–Kier alpha value is -1.60. The van der Waals surface area contributed by atoms with E-state index in [1.54, 1.807) is 0 Å². The Labute approximate surface area is 141 Å². The number of benzene rings is 2. The van der Waals surface area contributed by atoms with Gasteiger partial charge in [0.2, 0.25) is 0 Å². The van der Waals surface area contributed by atoms with Crippen LogP contribution >= 0.6 is 0 Å². The normalized spacial score (nSPS) is 18.7. The van der Waals surface area contributed by atoms with E-state index in [4.69, 9.17) is 0 Å². The highest BCUT2D eigenvalue weighted by Crippen LogP contribution is 2.43. The predicted molar refractivity (Wildman–Crippen MR) is 98.8 cm³/mol. The van der Waals surface area contributed by atoms with Gasteiger partial charge in [0.05, 0.1) is 0 Å². The van der Waals surface area contributed by atoms with E-state index in [2.05, 4.69) is 86.3 Å². The van der Waals surface area contributed by atoms with Crippen LogP contribution in [-0.2, 0) is 5.41 Å². The Bertz CT molecular complexity index is 565. The maximum Gasteiger partial charge on any atom is 0.0227 e. The minimum Gasteiger partial charge on any atom is -0.298 e. The smallest absolute Gasteiger partial charge is 0.0227 e. The second-order valence-corrected chi connectivity index (χ2v) is 7.47. The van der Waals surface area contributed by atoms with Crippen LogP contribution in [0, 0.1) is 0 Å². The van der Waals surface area contributed by atoms with Gasteiger partial charge in [-0.2, -0.15) is 0 Å². The van der Waals surface area contributed by atoms with E-state index in [1.807, 2.05) is 0 Å². The largest absolute Gasteiger partial charge is 0.298 e. The van der Waals surface area contributed by atoms with Crippen LogP contribution < -0.4 is 0 Å². The lowest BCUT2D eigenvalue weighted by atomic mass is 9.67. The molecule has 0 radical (unpaired) electrons. The molecular formula is C22H29N. The zero-order chi connectivity index (χ0) is 16.3. The van der Waals surface area contributed by atoms with Crippen LogP contribution in [0.2, 0.25) is 0 Å². The molecule has 3 rings (SSSR count). The van der Waals surface area contributed by atoms with Crippen molar-refractivity contribution in [1.82, 2.24) is 4.90 Å². The van der Waals surface area contributed by atoms with Gasteiger partial charge in [0.15, 0.2) is 0 Å². The number of nitrogens with zero attached hydrogens (tertiary/aromatic N) is 1. The topological polar surface area (TPSA) is 3.24 Å². The average Bonchev–Trinajstić information content (AvgIpc) is 2.63. The lowest BCUT2D eigenvalue weighted by Gasteiger charge is -2.48. The minimum atomic E-state index is 0.169. The molecular weight excluding hydrogens is 278 g/mol. The standard InChI is InChI=1S/C22H29N/c1-4-21(2,3)23-17-15-22(16-18-23,19-11-7-5-8-12-19)20-13-9-6-10-14-20/h5-14H,4,15-18H2,1-3H3. The monoisotopic (exact) mass is 307 g/mol. The SMILES string of the molecule is CCC(C)(C)N1CCC(c2ccccc2)(c2ccccc2)CC1. The average molecular weight is 307 g/mol. The summed E-state index contributed by atoms with van der Waals surface area (Å²) in [6.45, 7) is 9.40. The van der Waals surface area contributed by atoms with Crippen molar-refractivity contribution in [3.05, 3.63) is 71.8 Å². The van der Waals surface area contributed by atoms with Gasteiger partial charge >= 0.3 is 0 Å². The van der Waals surface area contributed by atoms with E-state index in [0.717, 1.165) is 0 Å². The first-order chi connectivity index (χ1) is 11.1. The van der Waals surface area contributed by atoms with Gasteiger partial charge < -0.3 is 0 Å². The summed E-state index contributed by atoms with van der Waals surface area (Å²) in [5, 5.41) is 0. The number of hydrogen-bond acceptors (Lipinski definition) is 1. The molecule has 0 aromatic heterocycles. The Kier molecular flexibility index (Phi) is 4.59. The van der Waals surface area contributed by atoms with E-state index in [9.17, 15) is 0 Å². The molecule has 122 valence electrons. The van der Waals surface area contributed by atoms with E-state index in [-0.39, 0.29) is 5.41 Å². The van der Waals surface area contributed by atoms with Crippen molar-refractivity contribution in [3.63, 3.8) is 0 Å². The molecule has 2 aromatic rings. The molecule has 0 unspecified atom stereocenters. The summed E-state index contributed by atoms with van der Waals surface area (Å²) >= 11 is 0. The molecule has 2 aromatic carbocycles. The molecule has 0 aliphatic carbocycles. The third-order valence-electron chi connectivity index (χ3n) is 5.99. The molecule has 0 saturated carbocycles. The van der Waals surface area contributed by atoms with Gasteiger partial charge in [-0.15, -0.1) is 0 Å². The summed E-state index contributed by atoms with van der Waals surface area (Å²) in [6, 6.07) is 22.2. The highest BCUT2D eigenvalue weighted by atomic mass is 15.2. The Morgan fingerprint density at radius 1 is 0.826 bits per heavy atom. The summed E-state index contributed by atoms with van der Waals surface area (Å²) in [5.74, 6) is 0. The van der Waals surface area contributed by atoms with E-state index in [1.165, 1.54) is 43.5 Å². The van der Waals surface area contributed by atoms with Gasteiger partial charge in [-0.3, -0.25) is 4.90 Å². The van der Waals surface area contributed by atoms with Gasteiger partial charge in [-0.05, 0) is 57.3 Å². The number of rotatable bonds is 4. The van der Waals surface area contributed by atoms with Crippen molar-refractivity contribution in [1.29, 1.82) is 0 Å². The lowest BCUT2D eigenvalue weighted by molar-refractivity contribution is 0.0695. The zero-order valence-corrected chi connectivity index (χ0v) is 14.8. The van der Waals surface area contributed by atoms with Gasteiger partial charge in [-0.25, -0.2) is 0 Å². The van der Waals surface area contributed by atoms with E-state index in [0.29, 0.717) is 5.54 Å². The Balaban J connectivity index is 1.94. The van der Waals surface area contributed by atoms with Crippen LogP contribution in [0.3, 0.4) is 0 Å². The highest BCUT2D eigenvalue weighted by Gasteiger charge is 2.40. The van der Waals surface area contributed by atoms with Crippen LogP contribution in [0.5, 0.6) is 0 Å². The lowest BCUT2D eigenvalue weighted by Crippen LogP contribution is -2.51. The molecule has 0 atom stereocenters. The van der Waals surface area contributed by atoms with Crippen molar-refractivity contribution >= 4 is 0 Å². The highest BCUT2D eigenvalue weighted by molar-refractivity contribution is 5.40. The third kappa shape index (κ3) is 3.07. The second-order valence-electron chi connectivity index (χ2n) is 7.47. The van der Waals surface area contributed by atoms with Crippen molar-refractivity contribution in [2.45, 2.75) is 51.0 Å². The first-order valence-corrected chi connectivity index (χ1v) is 8.95. The molecule has 1 fully saturated rings. The molecule has 0 spiro atoms. The summed E-state index contributed by atoms with van der Waals surface area (Å²) in [6.07, 6.45) is 3.60. The minimum absolute atomic E-state index is 0.169. The molecule has 1 heteroatoms. The predicted octanol–water partition coefficient (Wildman–Crippen LogP) is 5.26. The fourth-order valence-corrected chi connectivity index (χ4v) is 3.98. The van der Waals surface area contributed by atoms with Gasteiger partial charge in [0.1, 0.15) is 0 Å². The van der Waals surface area contributed by atoms with Crippen LogP contribution in [0.1, 0.15) is 51.2 Å². The van der Waals surface area contributed by atoms with Gasteiger partial charge in [0, 0.05) is 11.0 Å². The van der Waals surface area contributed by atoms with E-state index >= 15 is 0 Å². The van der Waals surface area contributed by atoms with Crippen LogP contribution in [0.4, 0.5) is 0 Å². The first kappa shape index (κ1) is 16.3. The molecule has 0 N–H and O–H groups in total. The second kappa shape index (κ2) is 6.49. The fraction of sp³-hybridized carbons (Fsp3) is 0.455. The molecule has 0 bridgehead atoms. The van der Waals surface area contributed by atoms with Crippen molar-refractivity contribution in [2.24, 2.45) is 0 Å². The van der Waals surface area contributed by atoms with E-state index < -0.39 is 0 Å². The molecule has 1 heterocycles. The first-order valence-electron chi connectivity index (χ1n) is 8.95. The summed E-state index contributed by atoms with van der Waals surface area (Å²) < 4.78 is 0. The molecule has 0 amide bonds. The zero-order valence-electron chi connectivity index (χ0n) is 14.8. The number of hydrogen-bond donors (Lipinski definition) is 0. The van der Waals surface area contributed by atoms with Crippen LogP contribution in [0.25, 0.3) is 0 Å². The molecule has 1 aliphatic rings. The molecule has 1 saturated heterocycles. The number of likely N-dealkylation sites (tertiary alicyclic amines) is 1. The third-order valence-corrected chi connectivity index (χ3v) is 5.99. The van der Waals surface area contributed by atoms with Gasteiger partial charge in [0.25, 0.3) is 0 Å². The fourth-order valence-electron chi connectivity index (χ4n) is 3.98. The van der Waals surface area contributed by atoms with Crippen molar-refractivity contribution in [3.8, 4) is 0 Å². The van der Waals surface area contributed by atoms with Crippen molar-refractivity contribution in [2.75, 3.05) is 13.1 Å². The van der Waals surface area contributed by atoms with Crippen LogP contribution in [0.15, 0.2) is 60.7 Å².